The highest BCUT2D eigenvalue weighted by Crippen LogP contribution is 2.31. The Kier molecular flexibility index (Phi) is 6.39. The first kappa shape index (κ1) is 19.6. The Morgan fingerprint density at radius 3 is 2.68 bits per heavy atom. The van der Waals surface area contributed by atoms with Gasteiger partial charge in [0.15, 0.2) is 11.5 Å². The molecule has 0 saturated heterocycles. The maximum absolute atomic E-state index is 6.00. The molecule has 0 fully saturated rings. The van der Waals surface area contributed by atoms with Gasteiger partial charge in [-0.3, -0.25) is 0 Å². The Balaban J connectivity index is 1.74. The second kappa shape index (κ2) is 9.14. The third-order valence-corrected chi connectivity index (χ3v) is 4.47. The summed E-state index contributed by atoms with van der Waals surface area (Å²) in [4.78, 5) is 8.24. The number of aromatic nitrogens is 2. The summed E-state index contributed by atoms with van der Waals surface area (Å²) in [6.07, 6.45) is 6.37. The van der Waals surface area contributed by atoms with Crippen LogP contribution in [0.15, 0.2) is 66.2 Å². The van der Waals surface area contributed by atoms with Gasteiger partial charge in [-0.25, -0.2) is 4.98 Å². The molecule has 144 valence electrons. The molecule has 0 spiro atoms. The van der Waals surface area contributed by atoms with Crippen LogP contribution in [0.4, 0.5) is 0 Å². The number of methoxy groups -OCH3 is 1. The van der Waals surface area contributed by atoms with Crippen LogP contribution in [0, 0.1) is 6.92 Å². The fourth-order valence-corrected chi connectivity index (χ4v) is 2.96. The maximum atomic E-state index is 6.00. The SMILES string of the molecule is COc1cc(CCn2ccnc2)c(C)cc1OC(=S)N=C(N)c1ccccc1. The van der Waals surface area contributed by atoms with Crippen molar-refractivity contribution in [1.29, 1.82) is 0 Å². The zero-order chi connectivity index (χ0) is 19.9. The zero-order valence-corrected chi connectivity index (χ0v) is 16.6. The number of rotatable bonds is 6. The van der Waals surface area contributed by atoms with Crippen molar-refractivity contribution in [2.75, 3.05) is 7.11 Å². The van der Waals surface area contributed by atoms with Crippen LogP contribution in [0.3, 0.4) is 0 Å². The van der Waals surface area contributed by atoms with Gasteiger partial charge in [0.2, 0.25) is 0 Å². The molecule has 2 N–H and O–H groups in total. The van der Waals surface area contributed by atoms with Crippen LogP contribution in [0.1, 0.15) is 16.7 Å². The summed E-state index contributed by atoms with van der Waals surface area (Å²) < 4.78 is 13.3. The summed E-state index contributed by atoms with van der Waals surface area (Å²) in [6.45, 7) is 2.86. The Labute approximate surface area is 169 Å². The lowest BCUT2D eigenvalue weighted by molar-refractivity contribution is 0.391. The fourth-order valence-electron chi connectivity index (χ4n) is 2.77. The van der Waals surface area contributed by atoms with E-state index in [4.69, 9.17) is 27.4 Å². The van der Waals surface area contributed by atoms with Crippen LogP contribution < -0.4 is 15.2 Å². The molecule has 3 aromatic rings. The molecule has 0 amide bonds. The van der Waals surface area contributed by atoms with Gasteiger partial charge in [0, 0.05) is 24.5 Å². The number of aryl methyl sites for hydroxylation is 3. The minimum absolute atomic E-state index is 0.0326. The van der Waals surface area contributed by atoms with E-state index in [2.05, 4.69) is 9.98 Å². The third kappa shape index (κ3) is 4.95. The summed E-state index contributed by atoms with van der Waals surface area (Å²) in [5, 5.41) is 0.0326. The largest absolute Gasteiger partial charge is 0.493 e. The molecule has 0 bridgehead atoms. The van der Waals surface area contributed by atoms with Gasteiger partial charge in [-0.05, 0) is 48.8 Å². The molecule has 28 heavy (non-hydrogen) atoms. The minimum Gasteiger partial charge on any atom is -0.493 e. The summed E-state index contributed by atoms with van der Waals surface area (Å²) in [6, 6.07) is 13.3. The van der Waals surface area contributed by atoms with E-state index in [0.717, 1.165) is 29.7 Å². The van der Waals surface area contributed by atoms with Gasteiger partial charge in [0.25, 0.3) is 5.17 Å². The first-order chi connectivity index (χ1) is 13.6. The first-order valence-corrected chi connectivity index (χ1v) is 9.22. The molecular weight excluding hydrogens is 372 g/mol. The van der Waals surface area contributed by atoms with E-state index >= 15 is 0 Å². The van der Waals surface area contributed by atoms with Crippen LogP contribution >= 0.6 is 12.2 Å². The lowest BCUT2D eigenvalue weighted by atomic mass is 10.0. The number of nitrogens with zero attached hydrogens (tertiary/aromatic N) is 3. The number of nitrogens with two attached hydrogens (primary N) is 1. The number of hydrogen-bond acceptors (Lipinski definition) is 4. The molecule has 1 aromatic heterocycles. The highest BCUT2D eigenvalue weighted by Gasteiger charge is 2.12. The minimum atomic E-state index is 0.0326. The summed E-state index contributed by atoms with van der Waals surface area (Å²) in [5.74, 6) is 1.42. The molecule has 0 atom stereocenters. The molecule has 6 nitrogen and oxygen atoms in total. The maximum Gasteiger partial charge on any atom is 0.291 e. The highest BCUT2D eigenvalue weighted by atomic mass is 32.1. The first-order valence-electron chi connectivity index (χ1n) is 8.81. The van der Waals surface area contributed by atoms with Crippen LogP contribution in [-0.2, 0) is 13.0 Å². The van der Waals surface area contributed by atoms with E-state index in [1.165, 1.54) is 0 Å². The number of benzene rings is 2. The van der Waals surface area contributed by atoms with Crippen molar-refractivity contribution in [2.24, 2.45) is 10.7 Å². The van der Waals surface area contributed by atoms with Crippen LogP contribution in [0.5, 0.6) is 11.5 Å². The predicted molar refractivity (Wildman–Crippen MR) is 114 cm³/mol. The van der Waals surface area contributed by atoms with Gasteiger partial charge >= 0.3 is 0 Å². The van der Waals surface area contributed by atoms with Crippen molar-refractivity contribution in [2.45, 2.75) is 19.9 Å². The van der Waals surface area contributed by atoms with Crippen LogP contribution in [0.2, 0.25) is 0 Å². The van der Waals surface area contributed by atoms with E-state index in [0.29, 0.717) is 17.3 Å². The van der Waals surface area contributed by atoms with Crippen molar-refractivity contribution < 1.29 is 9.47 Å². The molecule has 0 radical (unpaired) electrons. The summed E-state index contributed by atoms with van der Waals surface area (Å²) in [5.41, 5.74) is 9.03. The van der Waals surface area contributed by atoms with Gasteiger partial charge in [0.05, 0.1) is 13.4 Å². The monoisotopic (exact) mass is 394 g/mol. The van der Waals surface area contributed by atoms with E-state index in [1.807, 2.05) is 60.2 Å². The van der Waals surface area contributed by atoms with Crippen molar-refractivity contribution in [3.8, 4) is 11.5 Å². The van der Waals surface area contributed by atoms with E-state index in [9.17, 15) is 0 Å². The quantitative estimate of drug-likeness (QED) is 0.393. The van der Waals surface area contributed by atoms with Crippen molar-refractivity contribution in [3.05, 3.63) is 77.9 Å². The van der Waals surface area contributed by atoms with Crippen LogP contribution in [0.25, 0.3) is 0 Å². The molecule has 1 heterocycles. The molecule has 3 rings (SSSR count). The second-order valence-electron chi connectivity index (χ2n) is 6.21. The van der Waals surface area contributed by atoms with Crippen molar-refractivity contribution in [1.82, 2.24) is 9.55 Å². The van der Waals surface area contributed by atoms with Gasteiger partial charge in [-0.15, -0.1) is 0 Å². The van der Waals surface area contributed by atoms with E-state index in [-0.39, 0.29) is 5.17 Å². The second-order valence-corrected chi connectivity index (χ2v) is 6.56. The fraction of sp³-hybridized carbons (Fsp3) is 0.190. The highest BCUT2D eigenvalue weighted by molar-refractivity contribution is 7.80. The number of ether oxygens (including phenoxy) is 2. The normalized spacial score (nSPS) is 11.3. The molecule has 2 aromatic carbocycles. The number of amidine groups is 1. The molecule has 0 aliphatic rings. The molecule has 0 aliphatic carbocycles. The summed E-state index contributed by atoms with van der Waals surface area (Å²) in [7, 11) is 1.60. The average Bonchev–Trinajstić information content (AvgIpc) is 3.21. The van der Waals surface area contributed by atoms with Gasteiger partial charge in [-0.2, -0.15) is 4.99 Å². The number of aliphatic imine (C=N–C) groups is 1. The summed E-state index contributed by atoms with van der Waals surface area (Å²) >= 11 is 5.25. The van der Waals surface area contributed by atoms with Gasteiger partial charge < -0.3 is 19.8 Å². The third-order valence-electron chi connectivity index (χ3n) is 4.30. The predicted octanol–water partition coefficient (Wildman–Crippen LogP) is 3.51. The molecule has 7 heteroatoms. The van der Waals surface area contributed by atoms with Gasteiger partial charge in [-0.1, -0.05) is 30.3 Å². The molecular formula is C21H22N4O2S. The standard InChI is InChI=1S/C21H22N4O2S/c1-15-12-19(27-21(28)24-20(22)16-6-4-3-5-7-16)18(26-2)13-17(15)8-10-25-11-9-23-14-25/h3-7,9,11-14H,8,10H2,1-2H3,(H2,22,24,28). The van der Waals surface area contributed by atoms with Crippen molar-refractivity contribution >= 4 is 23.2 Å². The Bertz CT molecular complexity index is 970. The Morgan fingerprint density at radius 1 is 1.21 bits per heavy atom. The lowest BCUT2D eigenvalue weighted by Gasteiger charge is -2.14. The zero-order valence-electron chi connectivity index (χ0n) is 15.8. The number of thiocarbonyl (C=S) groups is 1. The Hall–Kier alpha value is -3.19. The average molecular weight is 395 g/mol. The number of imidazole rings is 1. The van der Waals surface area contributed by atoms with E-state index in [1.54, 1.807) is 19.6 Å². The topological polar surface area (TPSA) is 74.7 Å². The van der Waals surface area contributed by atoms with Crippen molar-refractivity contribution in [3.63, 3.8) is 0 Å². The molecule has 0 unspecified atom stereocenters. The number of hydrogen-bond donors (Lipinski definition) is 1. The van der Waals surface area contributed by atoms with E-state index < -0.39 is 0 Å². The Morgan fingerprint density at radius 2 is 2.00 bits per heavy atom. The lowest BCUT2D eigenvalue weighted by Crippen LogP contribution is -2.17. The molecule has 0 aliphatic heterocycles. The van der Waals surface area contributed by atoms with Crippen LogP contribution in [-0.4, -0.2) is 27.7 Å². The molecule has 0 saturated carbocycles. The smallest absolute Gasteiger partial charge is 0.291 e. The van der Waals surface area contributed by atoms with Gasteiger partial charge in [0.1, 0.15) is 5.84 Å².